The summed E-state index contributed by atoms with van der Waals surface area (Å²) in [4.78, 5) is 19.0. The van der Waals surface area contributed by atoms with Crippen LogP contribution in [-0.4, -0.2) is 21.0 Å². The third kappa shape index (κ3) is 2.46. The number of hydrogen-bond acceptors (Lipinski definition) is 5. The molecular formula is C14H10N2O3S. The Bertz CT molecular complexity index is 798. The third-order valence-electron chi connectivity index (χ3n) is 2.65. The van der Waals surface area contributed by atoms with Crippen molar-refractivity contribution >= 4 is 27.5 Å². The Kier molecular flexibility index (Phi) is 3.08. The van der Waals surface area contributed by atoms with Gasteiger partial charge in [0.25, 0.3) is 0 Å². The van der Waals surface area contributed by atoms with E-state index in [4.69, 9.17) is 9.84 Å². The zero-order chi connectivity index (χ0) is 14.1. The number of aromatic nitrogens is 2. The Morgan fingerprint density at radius 3 is 2.85 bits per heavy atom. The van der Waals surface area contributed by atoms with E-state index >= 15 is 0 Å². The number of hydrogen-bond donors (Lipinski definition) is 1. The number of benzene rings is 1. The Hall–Kier alpha value is -2.47. The number of fused-ring (bicyclic) bond motifs is 1. The Labute approximate surface area is 118 Å². The molecule has 0 fully saturated rings. The van der Waals surface area contributed by atoms with E-state index in [1.54, 1.807) is 17.4 Å². The number of carbonyl (C=O) groups is 1. The van der Waals surface area contributed by atoms with Gasteiger partial charge in [0, 0.05) is 18.3 Å². The lowest BCUT2D eigenvalue weighted by molar-refractivity contribution is 0.0690. The first-order valence-corrected chi connectivity index (χ1v) is 6.68. The summed E-state index contributed by atoms with van der Waals surface area (Å²) in [6.07, 6.45) is 1.41. The molecule has 0 aliphatic carbocycles. The molecule has 0 radical (unpaired) electrons. The second-order valence-corrected chi connectivity index (χ2v) is 5.38. The van der Waals surface area contributed by atoms with Crippen LogP contribution >= 0.6 is 11.3 Å². The van der Waals surface area contributed by atoms with E-state index in [0.29, 0.717) is 11.5 Å². The van der Waals surface area contributed by atoms with Gasteiger partial charge in [-0.25, -0.2) is 14.8 Å². The number of aromatic carboxylic acids is 1. The molecule has 1 aromatic carbocycles. The molecule has 0 saturated heterocycles. The van der Waals surface area contributed by atoms with Gasteiger partial charge in [0.05, 0.1) is 15.2 Å². The fraction of sp³-hybridized carbons (Fsp3) is 0.0714. The van der Waals surface area contributed by atoms with Gasteiger partial charge in [-0.1, -0.05) is 0 Å². The second-order valence-electron chi connectivity index (χ2n) is 4.15. The molecule has 2 aromatic heterocycles. The second kappa shape index (κ2) is 4.90. The number of rotatable bonds is 3. The van der Waals surface area contributed by atoms with E-state index in [1.807, 2.05) is 25.1 Å². The van der Waals surface area contributed by atoms with Crippen molar-refractivity contribution in [2.24, 2.45) is 0 Å². The van der Waals surface area contributed by atoms with Crippen LogP contribution < -0.4 is 4.74 Å². The number of carboxylic acids is 1. The van der Waals surface area contributed by atoms with E-state index in [1.165, 1.54) is 12.3 Å². The van der Waals surface area contributed by atoms with Crippen LogP contribution in [0.25, 0.3) is 10.2 Å². The van der Waals surface area contributed by atoms with Crippen LogP contribution in [0, 0.1) is 6.92 Å². The van der Waals surface area contributed by atoms with Gasteiger partial charge in [-0.05, 0) is 25.1 Å². The van der Waals surface area contributed by atoms with Crippen molar-refractivity contribution in [2.75, 3.05) is 0 Å². The monoisotopic (exact) mass is 286 g/mol. The molecule has 5 nitrogen and oxygen atoms in total. The molecule has 1 N–H and O–H groups in total. The minimum Gasteiger partial charge on any atom is -0.477 e. The highest BCUT2D eigenvalue weighted by molar-refractivity contribution is 7.18. The SMILES string of the molecule is Cc1nc2cc(Oc3ccnc(C(=O)O)c3)ccc2s1. The highest BCUT2D eigenvalue weighted by atomic mass is 32.1. The molecule has 3 rings (SSSR count). The summed E-state index contributed by atoms with van der Waals surface area (Å²) < 4.78 is 6.74. The normalized spacial score (nSPS) is 10.7. The quantitative estimate of drug-likeness (QED) is 0.798. The average molecular weight is 286 g/mol. The molecule has 0 aliphatic rings. The number of pyridine rings is 1. The highest BCUT2D eigenvalue weighted by Gasteiger charge is 2.07. The molecular weight excluding hydrogens is 276 g/mol. The standard InChI is InChI=1S/C14H10N2O3S/c1-8-16-11-6-9(2-3-13(11)20-8)19-10-4-5-15-12(7-10)14(17)18/h2-7H,1H3,(H,17,18). The molecule has 2 heterocycles. The van der Waals surface area contributed by atoms with Crippen LogP contribution in [0.3, 0.4) is 0 Å². The summed E-state index contributed by atoms with van der Waals surface area (Å²) in [6.45, 7) is 1.95. The third-order valence-corrected chi connectivity index (χ3v) is 3.60. The van der Waals surface area contributed by atoms with E-state index in [0.717, 1.165) is 15.2 Å². The van der Waals surface area contributed by atoms with Gasteiger partial charge in [-0.3, -0.25) is 0 Å². The molecule has 0 bridgehead atoms. The van der Waals surface area contributed by atoms with E-state index in [2.05, 4.69) is 9.97 Å². The van der Waals surface area contributed by atoms with Crippen LogP contribution in [-0.2, 0) is 0 Å². The topological polar surface area (TPSA) is 72.3 Å². The van der Waals surface area contributed by atoms with Crippen molar-refractivity contribution in [3.8, 4) is 11.5 Å². The zero-order valence-corrected chi connectivity index (χ0v) is 11.3. The number of thiazole rings is 1. The number of carboxylic acid groups (broad SMARTS) is 1. The van der Waals surface area contributed by atoms with Crippen molar-refractivity contribution in [3.05, 3.63) is 47.2 Å². The molecule has 0 unspecified atom stereocenters. The largest absolute Gasteiger partial charge is 0.477 e. The highest BCUT2D eigenvalue weighted by Crippen LogP contribution is 2.28. The smallest absolute Gasteiger partial charge is 0.354 e. The van der Waals surface area contributed by atoms with E-state index in [9.17, 15) is 4.79 Å². The van der Waals surface area contributed by atoms with Gasteiger partial charge in [0.1, 0.15) is 11.5 Å². The van der Waals surface area contributed by atoms with Gasteiger partial charge in [0.2, 0.25) is 0 Å². The predicted molar refractivity (Wildman–Crippen MR) is 75.6 cm³/mol. The van der Waals surface area contributed by atoms with Gasteiger partial charge in [0.15, 0.2) is 5.69 Å². The number of aryl methyl sites for hydroxylation is 1. The summed E-state index contributed by atoms with van der Waals surface area (Å²) in [5.41, 5.74) is 0.825. The lowest BCUT2D eigenvalue weighted by Crippen LogP contribution is -1.99. The number of ether oxygens (including phenoxy) is 1. The van der Waals surface area contributed by atoms with Crippen LogP contribution in [0.2, 0.25) is 0 Å². The Morgan fingerprint density at radius 2 is 2.05 bits per heavy atom. The van der Waals surface area contributed by atoms with Gasteiger partial charge in [-0.15, -0.1) is 11.3 Å². The van der Waals surface area contributed by atoms with Gasteiger partial charge in [-0.2, -0.15) is 0 Å². The van der Waals surface area contributed by atoms with Crippen molar-refractivity contribution in [3.63, 3.8) is 0 Å². The summed E-state index contributed by atoms with van der Waals surface area (Å²) in [6, 6.07) is 8.61. The van der Waals surface area contributed by atoms with Gasteiger partial charge >= 0.3 is 5.97 Å². The first kappa shape index (κ1) is 12.6. The van der Waals surface area contributed by atoms with E-state index in [-0.39, 0.29) is 5.69 Å². The molecule has 20 heavy (non-hydrogen) atoms. The Morgan fingerprint density at radius 1 is 1.25 bits per heavy atom. The van der Waals surface area contributed by atoms with Crippen LogP contribution in [0.15, 0.2) is 36.5 Å². The fourth-order valence-electron chi connectivity index (χ4n) is 1.81. The van der Waals surface area contributed by atoms with Crippen molar-refractivity contribution < 1.29 is 14.6 Å². The maximum atomic E-state index is 10.9. The van der Waals surface area contributed by atoms with E-state index < -0.39 is 5.97 Å². The minimum atomic E-state index is -1.08. The van der Waals surface area contributed by atoms with Crippen molar-refractivity contribution in [1.29, 1.82) is 0 Å². The molecule has 0 saturated carbocycles. The number of nitrogens with zero attached hydrogens (tertiary/aromatic N) is 2. The molecule has 0 atom stereocenters. The fourth-order valence-corrected chi connectivity index (χ4v) is 2.62. The first-order chi connectivity index (χ1) is 9.61. The van der Waals surface area contributed by atoms with Crippen molar-refractivity contribution in [1.82, 2.24) is 9.97 Å². The molecule has 3 aromatic rings. The first-order valence-electron chi connectivity index (χ1n) is 5.86. The van der Waals surface area contributed by atoms with Crippen LogP contribution in [0.5, 0.6) is 11.5 Å². The Balaban J connectivity index is 1.92. The van der Waals surface area contributed by atoms with Gasteiger partial charge < -0.3 is 9.84 Å². The summed E-state index contributed by atoms with van der Waals surface area (Å²) in [5.74, 6) is -0.0323. The zero-order valence-electron chi connectivity index (χ0n) is 10.5. The summed E-state index contributed by atoms with van der Waals surface area (Å²) in [5, 5.41) is 9.89. The van der Waals surface area contributed by atoms with Crippen LogP contribution in [0.1, 0.15) is 15.5 Å². The van der Waals surface area contributed by atoms with Crippen molar-refractivity contribution in [2.45, 2.75) is 6.92 Å². The molecule has 0 spiro atoms. The minimum absolute atomic E-state index is 0.0481. The molecule has 0 aliphatic heterocycles. The summed E-state index contributed by atoms with van der Waals surface area (Å²) in [7, 11) is 0. The van der Waals surface area contributed by atoms with Crippen LogP contribution in [0.4, 0.5) is 0 Å². The molecule has 100 valence electrons. The maximum Gasteiger partial charge on any atom is 0.354 e. The molecule has 6 heteroatoms. The predicted octanol–water partition coefficient (Wildman–Crippen LogP) is 3.49. The summed E-state index contributed by atoms with van der Waals surface area (Å²) >= 11 is 1.62. The maximum absolute atomic E-state index is 10.9. The molecule has 0 amide bonds. The lowest BCUT2D eigenvalue weighted by atomic mass is 10.3. The average Bonchev–Trinajstić information content (AvgIpc) is 2.78. The lowest BCUT2D eigenvalue weighted by Gasteiger charge is -2.05.